The number of hydrogen-bond donors (Lipinski definition) is 1. The Morgan fingerprint density at radius 2 is 2.21 bits per heavy atom. The molecule has 7 nitrogen and oxygen atoms in total. The molecule has 1 aromatic heterocycles. The number of anilines is 1. The summed E-state index contributed by atoms with van der Waals surface area (Å²) in [6.07, 6.45) is 3.14. The maximum atomic E-state index is 12.8. The Morgan fingerprint density at radius 3 is 2.93 bits per heavy atom. The SMILES string of the molecule is [2H]/C(=C\CN(C)CC)C(=O)N1Cc2ncc(C(=O)Nc3ccccc3Cl)n2[C@@H](C)C1. The molecule has 0 bridgehead atoms. The van der Waals surface area contributed by atoms with Crippen LogP contribution in [-0.4, -0.2) is 57.8 Å². The fraction of sp³-hybridized carbons (Fsp3) is 0.381. The molecule has 1 aromatic carbocycles. The molecule has 0 spiro atoms. The van der Waals surface area contributed by atoms with E-state index >= 15 is 0 Å². The molecule has 0 saturated heterocycles. The summed E-state index contributed by atoms with van der Waals surface area (Å²) >= 11 is 6.13. The van der Waals surface area contributed by atoms with Gasteiger partial charge in [0.1, 0.15) is 11.5 Å². The molecule has 1 aliphatic heterocycles. The third kappa shape index (κ3) is 4.86. The lowest BCUT2D eigenvalue weighted by molar-refractivity contribution is -0.128. The van der Waals surface area contributed by atoms with Crippen molar-refractivity contribution in [2.45, 2.75) is 26.4 Å². The van der Waals surface area contributed by atoms with Gasteiger partial charge in [-0.05, 0) is 32.6 Å². The first-order valence-electron chi connectivity index (χ1n) is 10.1. The van der Waals surface area contributed by atoms with E-state index in [1.807, 2.05) is 30.4 Å². The number of halogens is 1. The first-order valence-corrected chi connectivity index (χ1v) is 9.96. The highest BCUT2D eigenvalue weighted by molar-refractivity contribution is 6.33. The Kier molecular flexibility index (Phi) is 6.27. The van der Waals surface area contributed by atoms with Gasteiger partial charge in [-0.2, -0.15) is 0 Å². The number of carbonyl (C=O) groups is 2. The minimum Gasteiger partial charge on any atom is -0.330 e. The molecule has 0 fully saturated rings. The van der Waals surface area contributed by atoms with Gasteiger partial charge < -0.3 is 19.7 Å². The first-order chi connectivity index (χ1) is 14.3. The summed E-state index contributed by atoms with van der Waals surface area (Å²) in [5.41, 5.74) is 0.941. The zero-order valence-corrected chi connectivity index (χ0v) is 17.6. The summed E-state index contributed by atoms with van der Waals surface area (Å²) in [7, 11) is 1.93. The number of carbonyl (C=O) groups excluding carboxylic acids is 2. The molecule has 1 N–H and O–H groups in total. The van der Waals surface area contributed by atoms with Crippen molar-refractivity contribution in [2.75, 3.05) is 32.0 Å². The van der Waals surface area contributed by atoms with Gasteiger partial charge >= 0.3 is 0 Å². The zero-order chi connectivity index (χ0) is 21.8. The van der Waals surface area contributed by atoms with Crippen molar-refractivity contribution in [3.05, 3.63) is 59.1 Å². The van der Waals surface area contributed by atoms with E-state index in [2.05, 4.69) is 10.3 Å². The number of likely N-dealkylation sites (N-methyl/N-ethyl adjacent to an activating group) is 1. The van der Waals surface area contributed by atoms with Gasteiger partial charge in [0.05, 0.1) is 30.9 Å². The van der Waals surface area contributed by atoms with Gasteiger partial charge in [0.15, 0.2) is 0 Å². The topological polar surface area (TPSA) is 70.5 Å². The lowest BCUT2D eigenvalue weighted by Gasteiger charge is -2.32. The summed E-state index contributed by atoms with van der Waals surface area (Å²) in [4.78, 5) is 33.5. The van der Waals surface area contributed by atoms with Crippen molar-refractivity contribution < 1.29 is 11.0 Å². The Bertz CT molecular complexity index is 974. The number of nitrogens with one attached hydrogen (secondary N) is 1. The lowest BCUT2D eigenvalue weighted by Crippen LogP contribution is -2.40. The number of rotatable bonds is 6. The lowest BCUT2D eigenvalue weighted by atomic mass is 10.2. The van der Waals surface area contributed by atoms with E-state index in [1.54, 1.807) is 35.2 Å². The molecule has 0 radical (unpaired) electrons. The molecule has 1 aliphatic rings. The van der Waals surface area contributed by atoms with Gasteiger partial charge in [0.25, 0.3) is 5.91 Å². The van der Waals surface area contributed by atoms with E-state index in [0.29, 0.717) is 35.3 Å². The number of amides is 2. The Morgan fingerprint density at radius 1 is 1.45 bits per heavy atom. The third-order valence-electron chi connectivity index (χ3n) is 4.94. The predicted octanol–water partition coefficient (Wildman–Crippen LogP) is 3.20. The average molecular weight is 417 g/mol. The van der Waals surface area contributed by atoms with E-state index in [1.165, 1.54) is 6.20 Å². The summed E-state index contributed by atoms with van der Waals surface area (Å²) in [6.45, 7) is 5.98. The molecule has 154 valence electrons. The normalized spacial score (nSPS) is 17.1. The largest absolute Gasteiger partial charge is 0.330 e. The number of para-hydroxylation sites is 1. The highest BCUT2D eigenvalue weighted by Crippen LogP contribution is 2.25. The molecule has 2 amide bonds. The number of hydrogen-bond acceptors (Lipinski definition) is 4. The number of benzene rings is 1. The number of aromatic nitrogens is 2. The Hall–Kier alpha value is -2.64. The van der Waals surface area contributed by atoms with Crippen molar-refractivity contribution >= 4 is 29.1 Å². The second-order valence-electron chi connectivity index (χ2n) is 7.10. The van der Waals surface area contributed by atoms with Crippen LogP contribution in [0.4, 0.5) is 5.69 Å². The summed E-state index contributed by atoms with van der Waals surface area (Å²) in [5, 5.41) is 3.27. The maximum Gasteiger partial charge on any atom is 0.273 e. The highest BCUT2D eigenvalue weighted by atomic mass is 35.5. The molecule has 2 aromatic rings. The van der Waals surface area contributed by atoms with E-state index in [0.717, 1.165) is 6.54 Å². The molecule has 3 rings (SSSR count). The van der Waals surface area contributed by atoms with Gasteiger partial charge in [-0.15, -0.1) is 0 Å². The monoisotopic (exact) mass is 416 g/mol. The second-order valence-corrected chi connectivity index (χ2v) is 7.51. The Balaban J connectivity index is 1.75. The van der Waals surface area contributed by atoms with Crippen molar-refractivity contribution in [3.63, 3.8) is 0 Å². The van der Waals surface area contributed by atoms with Crippen LogP contribution in [0.15, 0.2) is 42.6 Å². The molecule has 0 unspecified atom stereocenters. The fourth-order valence-electron chi connectivity index (χ4n) is 3.22. The quantitative estimate of drug-likeness (QED) is 0.734. The zero-order valence-electron chi connectivity index (χ0n) is 17.9. The van der Waals surface area contributed by atoms with Crippen LogP contribution in [0.25, 0.3) is 0 Å². The summed E-state index contributed by atoms with van der Waals surface area (Å²) in [5.74, 6) is -0.0234. The number of imidazole rings is 1. The van der Waals surface area contributed by atoms with Crippen LogP contribution in [0.2, 0.25) is 5.02 Å². The average Bonchev–Trinajstić information content (AvgIpc) is 3.17. The van der Waals surface area contributed by atoms with Crippen molar-refractivity contribution in [1.29, 1.82) is 0 Å². The van der Waals surface area contributed by atoms with E-state index in [4.69, 9.17) is 13.0 Å². The van der Waals surface area contributed by atoms with Gasteiger partial charge in [0, 0.05) is 19.1 Å². The standard InChI is InChI=1S/C21H26ClN5O2/c1-4-25(3)11-7-10-20(28)26-13-15(2)27-18(12-23-19(27)14-26)21(29)24-17-9-6-5-8-16(17)22/h5-10,12,15H,4,11,13-14H2,1-3H3,(H,24,29)/b10-7+/t15-/m0/s1/i10D. The van der Waals surface area contributed by atoms with E-state index < -0.39 is 0 Å². The van der Waals surface area contributed by atoms with Crippen LogP contribution in [0.3, 0.4) is 0 Å². The fourth-order valence-corrected chi connectivity index (χ4v) is 3.41. The second kappa shape index (κ2) is 9.24. The molecular weight excluding hydrogens is 390 g/mol. The minimum atomic E-state index is -0.331. The molecule has 29 heavy (non-hydrogen) atoms. The smallest absolute Gasteiger partial charge is 0.273 e. The van der Waals surface area contributed by atoms with Gasteiger partial charge in [-0.3, -0.25) is 9.59 Å². The molecule has 0 saturated carbocycles. The number of fused-ring (bicyclic) bond motifs is 1. The number of nitrogens with zero attached hydrogens (tertiary/aromatic N) is 4. The molecule has 2 heterocycles. The van der Waals surface area contributed by atoms with Crippen molar-refractivity contribution in [1.82, 2.24) is 19.4 Å². The third-order valence-corrected chi connectivity index (χ3v) is 5.27. The van der Waals surface area contributed by atoms with Gasteiger partial charge in [-0.1, -0.05) is 36.7 Å². The van der Waals surface area contributed by atoms with Crippen molar-refractivity contribution in [2.24, 2.45) is 0 Å². The van der Waals surface area contributed by atoms with Crippen LogP contribution in [0.5, 0.6) is 0 Å². The van der Waals surface area contributed by atoms with Crippen LogP contribution in [-0.2, 0) is 11.3 Å². The van der Waals surface area contributed by atoms with Crippen LogP contribution in [0, 0.1) is 0 Å². The molecular formula is C21H26ClN5O2. The molecule has 0 aliphatic carbocycles. The first kappa shape index (κ1) is 19.7. The maximum absolute atomic E-state index is 12.8. The van der Waals surface area contributed by atoms with Crippen LogP contribution in [0.1, 0.15) is 37.6 Å². The highest BCUT2D eigenvalue weighted by Gasteiger charge is 2.29. The summed E-state index contributed by atoms with van der Waals surface area (Å²) in [6, 6.07) is 6.85. The summed E-state index contributed by atoms with van der Waals surface area (Å²) < 4.78 is 9.93. The molecule has 8 heteroatoms. The van der Waals surface area contributed by atoms with Crippen molar-refractivity contribution in [3.8, 4) is 0 Å². The Labute approximate surface area is 177 Å². The predicted molar refractivity (Wildman–Crippen MR) is 114 cm³/mol. The van der Waals surface area contributed by atoms with Crippen LogP contribution < -0.4 is 5.32 Å². The minimum absolute atomic E-state index is 0.0285. The van der Waals surface area contributed by atoms with Gasteiger partial charge in [0.2, 0.25) is 5.91 Å². The van der Waals surface area contributed by atoms with Gasteiger partial charge in [-0.25, -0.2) is 4.98 Å². The molecule has 1 atom stereocenters. The van der Waals surface area contributed by atoms with E-state index in [9.17, 15) is 9.59 Å². The van der Waals surface area contributed by atoms with Crippen LogP contribution >= 0.6 is 11.6 Å². The van der Waals surface area contributed by atoms with E-state index in [-0.39, 0.29) is 30.5 Å².